The number of hydrogen-bond donors (Lipinski definition) is 1. The first-order valence-electron chi connectivity index (χ1n) is 8.75. The van der Waals surface area contributed by atoms with E-state index in [2.05, 4.69) is 22.3 Å². The van der Waals surface area contributed by atoms with Crippen LogP contribution in [0, 0.1) is 5.92 Å². The number of anilines is 1. The molecule has 0 aliphatic carbocycles. The standard InChI is InChI=1S/C19H30N2O3/c1-5-23-14-16-10-11-21(13-16)12-15-6-8-17(9-7-15)20-18(22)24-19(2,3)4/h6-9,16H,5,10-14H2,1-4H3,(H,20,22)/t16-/m1/s1. The van der Waals surface area contributed by atoms with E-state index in [0.717, 1.165) is 38.5 Å². The van der Waals surface area contributed by atoms with Crippen molar-refractivity contribution in [2.75, 3.05) is 31.6 Å². The van der Waals surface area contributed by atoms with Crippen LogP contribution in [0.4, 0.5) is 10.5 Å². The van der Waals surface area contributed by atoms with E-state index in [4.69, 9.17) is 9.47 Å². The molecule has 1 saturated heterocycles. The Kier molecular flexibility index (Phi) is 6.63. The second kappa shape index (κ2) is 8.49. The molecule has 1 N–H and O–H groups in total. The van der Waals surface area contributed by atoms with Gasteiger partial charge in [0.25, 0.3) is 0 Å². The van der Waals surface area contributed by atoms with Crippen molar-refractivity contribution < 1.29 is 14.3 Å². The van der Waals surface area contributed by atoms with Crippen LogP contribution in [-0.2, 0) is 16.0 Å². The number of nitrogens with zero attached hydrogens (tertiary/aromatic N) is 1. The Balaban J connectivity index is 1.79. The van der Waals surface area contributed by atoms with Crippen LogP contribution in [0.25, 0.3) is 0 Å². The van der Waals surface area contributed by atoms with Crippen LogP contribution in [0.1, 0.15) is 39.7 Å². The molecular formula is C19H30N2O3. The molecule has 0 aromatic heterocycles. The van der Waals surface area contributed by atoms with Crippen molar-refractivity contribution in [2.24, 2.45) is 5.92 Å². The topological polar surface area (TPSA) is 50.8 Å². The molecule has 1 aliphatic heterocycles. The Morgan fingerprint density at radius 1 is 1.29 bits per heavy atom. The number of carbonyl (C=O) groups is 1. The highest BCUT2D eigenvalue weighted by atomic mass is 16.6. The van der Waals surface area contributed by atoms with E-state index in [0.29, 0.717) is 5.92 Å². The van der Waals surface area contributed by atoms with Gasteiger partial charge in [-0.1, -0.05) is 12.1 Å². The largest absolute Gasteiger partial charge is 0.444 e. The number of nitrogens with one attached hydrogen (secondary N) is 1. The summed E-state index contributed by atoms with van der Waals surface area (Å²) in [5.41, 5.74) is 1.52. The first-order valence-corrected chi connectivity index (χ1v) is 8.75. The number of likely N-dealkylation sites (tertiary alicyclic amines) is 1. The van der Waals surface area contributed by atoms with Gasteiger partial charge in [-0.25, -0.2) is 4.79 Å². The average molecular weight is 334 g/mol. The minimum absolute atomic E-state index is 0.423. The summed E-state index contributed by atoms with van der Waals surface area (Å²) in [6, 6.07) is 7.96. The molecule has 0 radical (unpaired) electrons. The minimum Gasteiger partial charge on any atom is -0.444 e. The van der Waals surface area contributed by atoms with Crippen molar-refractivity contribution in [2.45, 2.75) is 46.3 Å². The van der Waals surface area contributed by atoms with Crippen molar-refractivity contribution in [3.63, 3.8) is 0 Å². The molecule has 24 heavy (non-hydrogen) atoms. The Hall–Kier alpha value is -1.59. The van der Waals surface area contributed by atoms with Gasteiger partial charge in [-0.15, -0.1) is 0 Å². The molecular weight excluding hydrogens is 304 g/mol. The van der Waals surface area contributed by atoms with Crippen LogP contribution in [-0.4, -0.2) is 42.9 Å². The molecule has 1 fully saturated rings. The fourth-order valence-corrected chi connectivity index (χ4v) is 2.85. The van der Waals surface area contributed by atoms with Crippen LogP contribution in [0.5, 0.6) is 0 Å². The third-order valence-electron chi connectivity index (χ3n) is 3.93. The molecule has 5 heteroatoms. The molecule has 1 heterocycles. The number of ether oxygens (including phenoxy) is 2. The van der Waals surface area contributed by atoms with Crippen LogP contribution < -0.4 is 5.32 Å². The van der Waals surface area contributed by atoms with Crippen LogP contribution in [0.3, 0.4) is 0 Å². The first kappa shape index (κ1) is 18.7. The molecule has 0 unspecified atom stereocenters. The molecule has 1 amide bonds. The fourth-order valence-electron chi connectivity index (χ4n) is 2.85. The molecule has 0 spiro atoms. The summed E-state index contributed by atoms with van der Waals surface area (Å²) in [6.07, 6.45) is 0.784. The normalized spacial score (nSPS) is 18.6. The van der Waals surface area contributed by atoms with Gasteiger partial charge in [0.2, 0.25) is 0 Å². The smallest absolute Gasteiger partial charge is 0.412 e. The molecule has 0 bridgehead atoms. The van der Waals surface area contributed by atoms with Crippen molar-refractivity contribution >= 4 is 11.8 Å². The van der Waals surface area contributed by atoms with Gasteiger partial charge in [0.15, 0.2) is 0 Å². The molecule has 1 aromatic carbocycles. The molecule has 1 aromatic rings. The van der Waals surface area contributed by atoms with E-state index >= 15 is 0 Å². The Bertz CT molecular complexity index is 522. The highest BCUT2D eigenvalue weighted by molar-refractivity contribution is 5.84. The average Bonchev–Trinajstić information content (AvgIpc) is 2.92. The lowest BCUT2D eigenvalue weighted by molar-refractivity contribution is 0.0636. The van der Waals surface area contributed by atoms with Gasteiger partial charge < -0.3 is 9.47 Å². The van der Waals surface area contributed by atoms with E-state index in [1.807, 2.05) is 39.8 Å². The zero-order valence-corrected chi connectivity index (χ0v) is 15.3. The number of amides is 1. The molecule has 2 rings (SSSR count). The van der Waals surface area contributed by atoms with E-state index in [9.17, 15) is 4.79 Å². The third kappa shape index (κ3) is 6.49. The third-order valence-corrected chi connectivity index (χ3v) is 3.93. The first-order chi connectivity index (χ1) is 11.4. The van der Waals surface area contributed by atoms with Crippen LogP contribution >= 0.6 is 0 Å². The van der Waals surface area contributed by atoms with Gasteiger partial charge >= 0.3 is 6.09 Å². The van der Waals surface area contributed by atoms with Crippen molar-refractivity contribution in [1.29, 1.82) is 0 Å². The Morgan fingerprint density at radius 2 is 2.00 bits per heavy atom. The highest BCUT2D eigenvalue weighted by Crippen LogP contribution is 2.20. The Labute approximate surface area is 145 Å². The zero-order valence-electron chi connectivity index (χ0n) is 15.3. The lowest BCUT2D eigenvalue weighted by atomic mass is 10.1. The van der Waals surface area contributed by atoms with Gasteiger partial charge in [-0.3, -0.25) is 10.2 Å². The lowest BCUT2D eigenvalue weighted by Gasteiger charge is -2.20. The van der Waals surface area contributed by atoms with E-state index in [1.165, 1.54) is 12.0 Å². The maximum atomic E-state index is 11.8. The van der Waals surface area contributed by atoms with Gasteiger partial charge in [0, 0.05) is 25.4 Å². The maximum Gasteiger partial charge on any atom is 0.412 e. The second-order valence-electron chi connectivity index (χ2n) is 7.37. The Morgan fingerprint density at radius 3 is 2.62 bits per heavy atom. The van der Waals surface area contributed by atoms with E-state index in [-0.39, 0.29) is 0 Å². The lowest BCUT2D eigenvalue weighted by Crippen LogP contribution is -2.27. The number of benzene rings is 1. The van der Waals surface area contributed by atoms with Gasteiger partial charge in [-0.2, -0.15) is 0 Å². The SMILES string of the molecule is CCOC[C@@H]1CCN(Cc2ccc(NC(=O)OC(C)(C)C)cc2)C1. The number of rotatable bonds is 6. The quantitative estimate of drug-likeness (QED) is 0.857. The van der Waals surface area contributed by atoms with Crippen molar-refractivity contribution in [1.82, 2.24) is 4.90 Å². The predicted octanol–water partition coefficient (Wildman–Crippen LogP) is 3.89. The summed E-state index contributed by atoms with van der Waals surface area (Å²) in [5.74, 6) is 0.651. The molecule has 134 valence electrons. The van der Waals surface area contributed by atoms with Gasteiger partial charge in [0.1, 0.15) is 5.60 Å². The summed E-state index contributed by atoms with van der Waals surface area (Å²) in [6.45, 7) is 12.4. The van der Waals surface area contributed by atoms with E-state index < -0.39 is 11.7 Å². The predicted molar refractivity (Wildman–Crippen MR) is 96.2 cm³/mol. The summed E-state index contributed by atoms with van der Waals surface area (Å²) in [5, 5.41) is 2.76. The van der Waals surface area contributed by atoms with Gasteiger partial charge in [0.05, 0.1) is 6.61 Å². The summed E-state index contributed by atoms with van der Waals surface area (Å²) < 4.78 is 10.8. The van der Waals surface area contributed by atoms with Crippen molar-refractivity contribution in [3.8, 4) is 0 Å². The molecule has 1 atom stereocenters. The zero-order chi connectivity index (χ0) is 17.6. The maximum absolute atomic E-state index is 11.8. The van der Waals surface area contributed by atoms with Crippen molar-refractivity contribution in [3.05, 3.63) is 29.8 Å². The number of carbonyl (C=O) groups excluding carboxylic acids is 1. The minimum atomic E-state index is -0.488. The molecule has 1 aliphatic rings. The van der Waals surface area contributed by atoms with Crippen LogP contribution in [0.2, 0.25) is 0 Å². The molecule has 5 nitrogen and oxygen atoms in total. The van der Waals surface area contributed by atoms with Gasteiger partial charge in [-0.05, 0) is 64.3 Å². The fraction of sp³-hybridized carbons (Fsp3) is 0.632. The van der Waals surface area contributed by atoms with E-state index in [1.54, 1.807) is 0 Å². The summed E-state index contributed by atoms with van der Waals surface area (Å²) in [7, 11) is 0. The summed E-state index contributed by atoms with van der Waals surface area (Å²) in [4.78, 5) is 14.2. The summed E-state index contributed by atoms with van der Waals surface area (Å²) >= 11 is 0. The van der Waals surface area contributed by atoms with Crippen LogP contribution in [0.15, 0.2) is 24.3 Å². The monoisotopic (exact) mass is 334 g/mol. The molecule has 0 saturated carbocycles. The number of hydrogen-bond acceptors (Lipinski definition) is 4. The highest BCUT2D eigenvalue weighted by Gasteiger charge is 2.22. The second-order valence-corrected chi connectivity index (χ2v) is 7.37.